The highest BCUT2D eigenvalue weighted by Gasteiger charge is 2.24. The zero-order valence-corrected chi connectivity index (χ0v) is 11.6. The first-order valence-electron chi connectivity index (χ1n) is 7.01. The number of nitrogens with zero attached hydrogens (tertiary/aromatic N) is 2. The summed E-state index contributed by atoms with van der Waals surface area (Å²) in [7, 11) is 0. The molecule has 2 aromatic rings. The highest BCUT2D eigenvalue weighted by molar-refractivity contribution is 5.93. The fraction of sp³-hybridized carbons (Fsp3) is 0.333. The maximum Gasteiger partial charge on any atom is 0.289 e. The Morgan fingerprint density at radius 3 is 2.38 bits per heavy atom. The highest BCUT2D eigenvalue weighted by Crippen LogP contribution is 2.11. The molecule has 21 heavy (non-hydrogen) atoms. The van der Waals surface area contributed by atoms with E-state index in [2.05, 4.69) is 4.98 Å². The second-order valence-electron chi connectivity index (χ2n) is 5.00. The Balaban J connectivity index is 1.64. The van der Waals surface area contributed by atoms with Crippen LogP contribution in [0.1, 0.15) is 27.5 Å². The van der Waals surface area contributed by atoms with E-state index in [0.717, 1.165) is 6.42 Å². The van der Waals surface area contributed by atoms with Gasteiger partial charge in [0, 0.05) is 32.4 Å². The van der Waals surface area contributed by atoms with Crippen LogP contribution in [-0.4, -0.2) is 52.8 Å². The van der Waals surface area contributed by atoms with Crippen LogP contribution in [0.2, 0.25) is 0 Å². The van der Waals surface area contributed by atoms with Gasteiger partial charge in [0.1, 0.15) is 5.69 Å². The van der Waals surface area contributed by atoms with E-state index in [9.17, 15) is 9.59 Å². The molecule has 1 fully saturated rings. The summed E-state index contributed by atoms with van der Waals surface area (Å²) in [6.45, 7) is 2.34. The van der Waals surface area contributed by atoms with Crippen LogP contribution in [0, 0.1) is 0 Å². The first kappa shape index (κ1) is 13.5. The lowest BCUT2D eigenvalue weighted by Crippen LogP contribution is -2.37. The third kappa shape index (κ3) is 2.84. The van der Waals surface area contributed by atoms with Crippen molar-refractivity contribution in [3.05, 3.63) is 48.2 Å². The van der Waals surface area contributed by atoms with Crippen LogP contribution in [0.3, 0.4) is 0 Å². The van der Waals surface area contributed by atoms with E-state index in [4.69, 9.17) is 4.42 Å². The van der Waals surface area contributed by atoms with Crippen LogP contribution in [0.15, 0.2) is 41.1 Å². The van der Waals surface area contributed by atoms with Crippen LogP contribution >= 0.6 is 0 Å². The van der Waals surface area contributed by atoms with E-state index in [-0.39, 0.29) is 11.8 Å². The monoisotopic (exact) mass is 287 g/mol. The van der Waals surface area contributed by atoms with Gasteiger partial charge in [0.25, 0.3) is 11.8 Å². The van der Waals surface area contributed by atoms with Gasteiger partial charge in [-0.05, 0) is 30.7 Å². The predicted molar refractivity (Wildman–Crippen MR) is 75.9 cm³/mol. The zero-order chi connectivity index (χ0) is 14.7. The second-order valence-corrected chi connectivity index (χ2v) is 5.00. The molecule has 3 heterocycles. The molecule has 2 amide bonds. The quantitative estimate of drug-likeness (QED) is 0.912. The molecule has 1 saturated heterocycles. The van der Waals surface area contributed by atoms with Gasteiger partial charge in [-0.15, -0.1) is 0 Å². The van der Waals surface area contributed by atoms with Crippen molar-refractivity contribution in [1.29, 1.82) is 0 Å². The number of aromatic amines is 1. The van der Waals surface area contributed by atoms with Crippen molar-refractivity contribution in [3.63, 3.8) is 0 Å². The topological polar surface area (TPSA) is 69.6 Å². The third-order valence-electron chi connectivity index (χ3n) is 3.63. The van der Waals surface area contributed by atoms with Gasteiger partial charge in [-0.1, -0.05) is 0 Å². The molecule has 0 spiro atoms. The van der Waals surface area contributed by atoms with Crippen molar-refractivity contribution in [3.8, 4) is 0 Å². The predicted octanol–water partition coefficient (Wildman–Crippen LogP) is 1.60. The Labute approximate surface area is 122 Å². The molecule has 6 heteroatoms. The number of aromatic nitrogens is 1. The second kappa shape index (κ2) is 5.87. The van der Waals surface area contributed by atoms with Crippen molar-refractivity contribution in [2.24, 2.45) is 0 Å². The van der Waals surface area contributed by atoms with Gasteiger partial charge in [0.15, 0.2) is 5.76 Å². The number of amides is 2. The Hall–Kier alpha value is -2.50. The normalized spacial score (nSPS) is 15.8. The molecular weight excluding hydrogens is 270 g/mol. The average molecular weight is 287 g/mol. The van der Waals surface area contributed by atoms with E-state index < -0.39 is 0 Å². The van der Waals surface area contributed by atoms with E-state index in [1.807, 2.05) is 0 Å². The maximum absolute atomic E-state index is 12.3. The molecule has 0 saturated carbocycles. The molecule has 0 aromatic carbocycles. The minimum atomic E-state index is -0.117. The third-order valence-corrected chi connectivity index (χ3v) is 3.63. The molecule has 2 aromatic heterocycles. The fourth-order valence-electron chi connectivity index (χ4n) is 2.51. The van der Waals surface area contributed by atoms with Gasteiger partial charge >= 0.3 is 0 Å². The first-order valence-corrected chi connectivity index (χ1v) is 7.01. The average Bonchev–Trinajstić information content (AvgIpc) is 3.15. The van der Waals surface area contributed by atoms with Crippen LogP contribution in [0.5, 0.6) is 0 Å². The number of carbonyl (C=O) groups is 2. The molecule has 110 valence electrons. The maximum atomic E-state index is 12.3. The fourth-order valence-corrected chi connectivity index (χ4v) is 2.51. The van der Waals surface area contributed by atoms with Crippen molar-refractivity contribution in [2.75, 3.05) is 26.2 Å². The Kier molecular flexibility index (Phi) is 3.77. The lowest BCUT2D eigenvalue weighted by atomic mass is 10.3. The molecule has 1 N–H and O–H groups in total. The van der Waals surface area contributed by atoms with Crippen LogP contribution < -0.4 is 0 Å². The van der Waals surface area contributed by atoms with E-state index in [1.165, 1.54) is 6.26 Å². The molecule has 0 atom stereocenters. The van der Waals surface area contributed by atoms with Gasteiger partial charge < -0.3 is 19.2 Å². The summed E-state index contributed by atoms with van der Waals surface area (Å²) in [6.07, 6.45) is 3.99. The molecule has 3 rings (SSSR count). The lowest BCUT2D eigenvalue weighted by molar-refractivity contribution is 0.0698. The van der Waals surface area contributed by atoms with Gasteiger partial charge in [-0.3, -0.25) is 9.59 Å². The van der Waals surface area contributed by atoms with Gasteiger partial charge in [-0.25, -0.2) is 0 Å². The van der Waals surface area contributed by atoms with E-state index in [0.29, 0.717) is 37.6 Å². The molecule has 0 aliphatic carbocycles. The minimum absolute atomic E-state index is 0.0210. The number of nitrogens with one attached hydrogen (secondary N) is 1. The van der Waals surface area contributed by atoms with Crippen molar-refractivity contribution in [1.82, 2.24) is 14.8 Å². The van der Waals surface area contributed by atoms with Crippen LogP contribution in [-0.2, 0) is 0 Å². The van der Waals surface area contributed by atoms with Gasteiger partial charge in [0.05, 0.1) is 6.26 Å². The first-order chi connectivity index (χ1) is 10.3. The molecule has 0 unspecified atom stereocenters. The number of H-pyrrole nitrogens is 1. The largest absolute Gasteiger partial charge is 0.459 e. The van der Waals surface area contributed by atoms with Crippen molar-refractivity contribution < 1.29 is 14.0 Å². The number of rotatable bonds is 2. The summed E-state index contributed by atoms with van der Waals surface area (Å²) < 4.78 is 5.15. The van der Waals surface area contributed by atoms with E-state index in [1.54, 1.807) is 40.3 Å². The summed E-state index contributed by atoms with van der Waals surface area (Å²) in [5.41, 5.74) is 0.584. The smallest absolute Gasteiger partial charge is 0.289 e. The summed E-state index contributed by atoms with van der Waals surface area (Å²) in [5.74, 6) is 0.209. The lowest BCUT2D eigenvalue weighted by Gasteiger charge is -2.21. The molecule has 0 bridgehead atoms. The zero-order valence-electron chi connectivity index (χ0n) is 11.6. The molecule has 6 nitrogen and oxygen atoms in total. The summed E-state index contributed by atoms with van der Waals surface area (Å²) in [5, 5.41) is 0. The highest BCUT2D eigenvalue weighted by atomic mass is 16.3. The Bertz CT molecular complexity index is 550. The number of furan rings is 1. The number of hydrogen-bond donors (Lipinski definition) is 1. The van der Waals surface area contributed by atoms with Crippen LogP contribution in [0.4, 0.5) is 0 Å². The molecular formula is C15H17N3O3. The van der Waals surface area contributed by atoms with E-state index >= 15 is 0 Å². The molecule has 1 aliphatic rings. The Morgan fingerprint density at radius 2 is 1.76 bits per heavy atom. The van der Waals surface area contributed by atoms with Crippen molar-refractivity contribution in [2.45, 2.75) is 6.42 Å². The SMILES string of the molecule is O=C(c1ccc[nH]1)N1CCCN(C(=O)c2ccco2)CC1. The summed E-state index contributed by atoms with van der Waals surface area (Å²) in [6, 6.07) is 6.93. The molecule has 0 radical (unpaired) electrons. The van der Waals surface area contributed by atoms with Crippen LogP contribution in [0.25, 0.3) is 0 Å². The Morgan fingerprint density at radius 1 is 1.00 bits per heavy atom. The molecule has 1 aliphatic heterocycles. The van der Waals surface area contributed by atoms with Gasteiger partial charge in [0.2, 0.25) is 0 Å². The van der Waals surface area contributed by atoms with Gasteiger partial charge in [-0.2, -0.15) is 0 Å². The van der Waals surface area contributed by atoms with Crippen molar-refractivity contribution >= 4 is 11.8 Å². The number of hydrogen-bond acceptors (Lipinski definition) is 3. The summed E-state index contributed by atoms with van der Waals surface area (Å²) >= 11 is 0. The number of carbonyl (C=O) groups excluding carboxylic acids is 2. The summed E-state index contributed by atoms with van der Waals surface area (Å²) in [4.78, 5) is 31.0. The minimum Gasteiger partial charge on any atom is -0.459 e. The standard InChI is InChI=1S/C15H17N3O3/c19-14(12-4-1-6-16-12)17-7-3-8-18(10-9-17)15(20)13-5-2-11-21-13/h1-2,4-6,11,16H,3,7-10H2.